The summed E-state index contributed by atoms with van der Waals surface area (Å²) in [5.74, 6) is -0.455. The summed E-state index contributed by atoms with van der Waals surface area (Å²) in [5.41, 5.74) is 0. The van der Waals surface area contributed by atoms with Crippen LogP contribution in [0.1, 0.15) is 5.89 Å². The molecule has 3 rings (SSSR count). The topological polar surface area (TPSA) is 76.2 Å². The highest BCUT2D eigenvalue weighted by Gasteiger charge is 2.11. The van der Waals surface area contributed by atoms with E-state index in [4.69, 9.17) is 9.52 Å². The van der Waals surface area contributed by atoms with Gasteiger partial charge in [0.2, 0.25) is 5.89 Å². The highest BCUT2D eigenvalue weighted by molar-refractivity contribution is 7.28. The maximum absolute atomic E-state index is 10.4. The van der Waals surface area contributed by atoms with Crippen LogP contribution < -0.4 is 0 Å². The lowest BCUT2D eigenvalue weighted by atomic mass is 10.4. The number of aliphatic carboxylic acids is 1. The van der Waals surface area contributed by atoms with Gasteiger partial charge in [-0.2, -0.15) is 0 Å². The van der Waals surface area contributed by atoms with Crippen molar-refractivity contribution in [1.82, 2.24) is 10.2 Å². The monoisotopic (exact) mass is 278 g/mol. The van der Waals surface area contributed by atoms with Crippen molar-refractivity contribution in [3.63, 3.8) is 0 Å². The molecule has 3 aromatic heterocycles. The summed E-state index contributed by atoms with van der Waals surface area (Å²) >= 11 is 3.22. The molecular weight excluding hydrogens is 272 g/mol. The summed E-state index contributed by atoms with van der Waals surface area (Å²) in [6, 6.07) is 4.03. The summed E-state index contributed by atoms with van der Waals surface area (Å²) in [7, 11) is 0. The van der Waals surface area contributed by atoms with Crippen molar-refractivity contribution < 1.29 is 14.3 Å². The van der Waals surface area contributed by atoms with Gasteiger partial charge < -0.3 is 9.52 Å². The van der Waals surface area contributed by atoms with Crippen molar-refractivity contribution in [3.05, 3.63) is 29.5 Å². The van der Waals surface area contributed by atoms with Crippen LogP contribution in [-0.2, 0) is 4.79 Å². The van der Waals surface area contributed by atoms with E-state index < -0.39 is 5.97 Å². The lowest BCUT2D eigenvalue weighted by molar-refractivity contribution is -0.131. The molecule has 0 amide bonds. The molecule has 0 fully saturated rings. The predicted octanol–water partition coefficient (Wildman–Crippen LogP) is 3.11. The van der Waals surface area contributed by atoms with Gasteiger partial charge in [-0.15, -0.1) is 32.9 Å². The molecular formula is C11H6N2O3S2. The summed E-state index contributed by atoms with van der Waals surface area (Å²) in [5, 5.41) is 18.2. The van der Waals surface area contributed by atoms with Crippen LogP contribution >= 0.6 is 22.7 Å². The quantitative estimate of drug-likeness (QED) is 0.745. The van der Waals surface area contributed by atoms with E-state index in [1.165, 1.54) is 15.5 Å². The molecule has 3 heterocycles. The maximum Gasteiger partial charge on any atom is 0.328 e. The fourth-order valence-corrected chi connectivity index (χ4v) is 3.45. The van der Waals surface area contributed by atoms with Gasteiger partial charge in [-0.1, -0.05) is 0 Å². The molecule has 0 saturated heterocycles. The second-order valence-corrected chi connectivity index (χ2v) is 5.41. The standard InChI is InChI=1S/C11H6N2O3S2/c14-10(15)2-1-9-12-13-11(16-9)8-5-7-6(18-8)3-4-17-7/h1-5H,(H,14,15)/b2-1+. The van der Waals surface area contributed by atoms with Crippen LogP contribution in [0.4, 0.5) is 0 Å². The van der Waals surface area contributed by atoms with Crippen LogP contribution in [0.15, 0.2) is 28.0 Å². The minimum atomic E-state index is -1.05. The third kappa shape index (κ3) is 2.05. The van der Waals surface area contributed by atoms with Gasteiger partial charge in [-0.05, 0) is 17.5 Å². The first-order valence-corrected chi connectivity index (χ1v) is 6.64. The van der Waals surface area contributed by atoms with Crippen LogP contribution in [-0.4, -0.2) is 21.3 Å². The van der Waals surface area contributed by atoms with E-state index >= 15 is 0 Å². The number of hydrogen-bond acceptors (Lipinski definition) is 6. The number of rotatable bonds is 3. The molecule has 0 bridgehead atoms. The van der Waals surface area contributed by atoms with Crippen molar-refractivity contribution in [1.29, 1.82) is 0 Å². The zero-order valence-electron chi connectivity index (χ0n) is 8.86. The Morgan fingerprint density at radius 2 is 2.28 bits per heavy atom. The smallest absolute Gasteiger partial charge is 0.328 e. The van der Waals surface area contributed by atoms with Crippen LogP contribution in [0.5, 0.6) is 0 Å². The van der Waals surface area contributed by atoms with Gasteiger partial charge in [0.25, 0.3) is 5.89 Å². The van der Waals surface area contributed by atoms with Crippen LogP contribution in [0.3, 0.4) is 0 Å². The number of fused-ring (bicyclic) bond motifs is 1. The predicted molar refractivity (Wildman–Crippen MR) is 69.7 cm³/mol. The minimum absolute atomic E-state index is 0.184. The van der Waals surface area contributed by atoms with Crippen molar-refractivity contribution in [2.75, 3.05) is 0 Å². The Kier molecular flexibility index (Phi) is 2.69. The number of carboxylic acid groups (broad SMARTS) is 1. The highest BCUT2D eigenvalue weighted by Crippen LogP contribution is 2.35. The third-order valence-electron chi connectivity index (χ3n) is 2.16. The largest absolute Gasteiger partial charge is 0.478 e. The van der Waals surface area contributed by atoms with Gasteiger partial charge in [0.1, 0.15) is 0 Å². The number of carboxylic acids is 1. The van der Waals surface area contributed by atoms with Crippen LogP contribution in [0, 0.1) is 0 Å². The molecule has 0 aliphatic rings. The first-order chi connectivity index (χ1) is 8.72. The molecule has 18 heavy (non-hydrogen) atoms. The summed E-state index contributed by atoms with van der Waals surface area (Å²) < 4.78 is 7.72. The Hall–Kier alpha value is -1.99. The van der Waals surface area contributed by atoms with Crippen LogP contribution in [0.2, 0.25) is 0 Å². The molecule has 7 heteroatoms. The molecule has 90 valence electrons. The average molecular weight is 278 g/mol. The SMILES string of the molecule is O=C(O)/C=C/c1nnc(-c2cc3sccc3s2)o1. The van der Waals surface area contributed by atoms with E-state index in [1.807, 2.05) is 17.5 Å². The van der Waals surface area contributed by atoms with Gasteiger partial charge in [0, 0.05) is 21.6 Å². The Morgan fingerprint density at radius 1 is 1.39 bits per heavy atom. The molecule has 0 radical (unpaired) electrons. The zero-order valence-corrected chi connectivity index (χ0v) is 10.5. The van der Waals surface area contributed by atoms with E-state index in [-0.39, 0.29) is 5.89 Å². The molecule has 0 saturated carbocycles. The molecule has 0 unspecified atom stereocenters. The van der Waals surface area contributed by atoms with Gasteiger partial charge in [-0.3, -0.25) is 0 Å². The molecule has 0 aliphatic heterocycles. The van der Waals surface area contributed by atoms with Crippen molar-refractivity contribution >= 4 is 44.1 Å². The molecule has 0 atom stereocenters. The third-order valence-corrected chi connectivity index (χ3v) is 4.24. The Balaban J connectivity index is 1.93. The van der Waals surface area contributed by atoms with Gasteiger partial charge in [0.15, 0.2) is 0 Å². The first-order valence-electron chi connectivity index (χ1n) is 4.94. The number of hydrogen-bond donors (Lipinski definition) is 1. The summed E-state index contributed by atoms with van der Waals surface area (Å²) in [6.45, 7) is 0. The molecule has 5 nitrogen and oxygen atoms in total. The highest BCUT2D eigenvalue weighted by atomic mass is 32.1. The average Bonchev–Trinajstić information content (AvgIpc) is 3.00. The van der Waals surface area contributed by atoms with E-state index in [0.717, 1.165) is 11.0 Å². The second-order valence-electron chi connectivity index (χ2n) is 3.38. The van der Waals surface area contributed by atoms with E-state index in [1.54, 1.807) is 22.7 Å². The van der Waals surface area contributed by atoms with E-state index in [9.17, 15) is 4.79 Å². The Labute approximate surface area is 109 Å². The fourth-order valence-electron chi connectivity index (χ4n) is 1.42. The van der Waals surface area contributed by atoms with Gasteiger partial charge >= 0.3 is 5.97 Å². The van der Waals surface area contributed by atoms with Crippen molar-refractivity contribution in [2.24, 2.45) is 0 Å². The number of nitrogens with zero attached hydrogens (tertiary/aromatic N) is 2. The van der Waals surface area contributed by atoms with Crippen molar-refractivity contribution in [2.45, 2.75) is 0 Å². The molecule has 0 aliphatic carbocycles. The molecule has 0 aromatic carbocycles. The Bertz CT molecular complexity index is 710. The maximum atomic E-state index is 10.4. The first kappa shape index (κ1) is 11.1. The number of carbonyl (C=O) groups is 1. The second kappa shape index (κ2) is 4.35. The zero-order chi connectivity index (χ0) is 12.5. The Morgan fingerprint density at radius 3 is 3.06 bits per heavy atom. The van der Waals surface area contributed by atoms with Crippen LogP contribution in [0.25, 0.3) is 26.2 Å². The molecule has 1 N–H and O–H groups in total. The normalized spacial score (nSPS) is 11.6. The number of thiophene rings is 2. The molecule has 3 aromatic rings. The van der Waals surface area contributed by atoms with E-state index in [0.29, 0.717) is 5.89 Å². The lowest BCUT2D eigenvalue weighted by Crippen LogP contribution is -1.85. The number of aromatic nitrogens is 2. The summed E-state index contributed by atoms with van der Waals surface area (Å²) in [4.78, 5) is 11.2. The van der Waals surface area contributed by atoms with Gasteiger partial charge in [-0.25, -0.2) is 4.79 Å². The van der Waals surface area contributed by atoms with Crippen molar-refractivity contribution in [3.8, 4) is 10.8 Å². The molecule has 0 spiro atoms. The fraction of sp³-hybridized carbons (Fsp3) is 0. The van der Waals surface area contributed by atoms with Gasteiger partial charge in [0.05, 0.1) is 4.88 Å². The summed E-state index contributed by atoms with van der Waals surface area (Å²) in [6.07, 6.45) is 2.24. The lowest BCUT2D eigenvalue weighted by Gasteiger charge is -1.84. The van der Waals surface area contributed by atoms with E-state index in [2.05, 4.69) is 10.2 Å². The minimum Gasteiger partial charge on any atom is -0.478 e.